The molecule has 0 amide bonds. The first-order valence-corrected chi connectivity index (χ1v) is 6.99. The quantitative estimate of drug-likeness (QED) is 0.559. The van der Waals surface area contributed by atoms with E-state index in [1.165, 1.54) is 38.5 Å². The minimum absolute atomic E-state index is 0.288. The molecule has 3 rings (SSSR count). The highest BCUT2D eigenvalue weighted by Gasteiger charge is 2.47. The zero-order valence-electron chi connectivity index (χ0n) is 10.9. The number of fused-ring (bicyclic) bond motifs is 2. The predicted octanol–water partition coefficient (Wildman–Crippen LogP) is 4.08. The molecule has 0 radical (unpaired) electrons. The lowest BCUT2D eigenvalue weighted by Gasteiger charge is -2.37. The van der Waals surface area contributed by atoms with Gasteiger partial charge in [0.1, 0.15) is 0 Å². The minimum Gasteiger partial charge on any atom is -0.370 e. The fourth-order valence-electron chi connectivity index (χ4n) is 4.06. The van der Waals surface area contributed by atoms with Crippen LogP contribution < -0.4 is 0 Å². The second-order valence-electron chi connectivity index (χ2n) is 6.45. The summed E-state index contributed by atoms with van der Waals surface area (Å²) in [6.45, 7) is 7.03. The van der Waals surface area contributed by atoms with Gasteiger partial charge >= 0.3 is 0 Å². The average Bonchev–Trinajstić information content (AvgIpc) is 2.50. The van der Waals surface area contributed by atoms with Gasteiger partial charge in [-0.1, -0.05) is 25.8 Å². The highest BCUT2D eigenvalue weighted by atomic mass is 16.5. The van der Waals surface area contributed by atoms with Crippen LogP contribution in [0, 0.1) is 11.3 Å². The molecule has 90 valence electrons. The van der Waals surface area contributed by atoms with E-state index in [4.69, 9.17) is 4.74 Å². The number of hydrogen-bond acceptors (Lipinski definition) is 1. The number of allylic oxidation sites excluding steroid dienone is 1. The zero-order valence-corrected chi connectivity index (χ0v) is 10.9. The van der Waals surface area contributed by atoms with Gasteiger partial charge in [-0.15, -0.1) is 0 Å². The Morgan fingerprint density at radius 3 is 2.75 bits per heavy atom. The monoisotopic (exact) mass is 220 g/mol. The van der Waals surface area contributed by atoms with E-state index < -0.39 is 0 Å². The van der Waals surface area contributed by atoms with E-state index in [1.54, 1.807) is 11.1 Å². The lowest BCUT2D eigenvalue weighted by molar-refractivity contribution is 0.0265. The lowest BCUT2D eigenvalue weighted by Crippen LogP contribution is -2.29. The van der Waals surface area contributed by atoms with E-state index in [1.807, 2.05) is 0 Å². The molecular weight excluding hydrogens is 196 g/mol. The van der Waals surface area contributed by atoms with Gasteiger partial charge in [-0.05, 0) is 50.5 Å². The first kappa shape index (κ1) is 10.8. The second kappa shape index (κ2) is 3.60. The standard InChI is InChI=1S/C15H24O/c1-10-15(2,3)14-12-7-5-4-6-11(12)8-9-13(14)16-10/h10-11,13H,4-9H2,1-3H3. The molecule has 1 heteroatoms. The van der Waals surface area contributed by atoms with Crippen molar-refractivity contribution < 1.29 is 4.74 Å². The molecule has 0 bridgehead atoms. The zero-order chi connectivity index (χ0) is 11.3. The van der Waals surface area contributed by atoms with E-state index in [9.17, 15) is 0 Å². The van der Waals surface area contributed by atoms with Crippen LogP contribution in [0.3, 0.4) is 0 Å². The molecule has 0 aromatic rings. The molecule has 1 heterocycles. The Bertz CT molecular complexity index is 326. The molecule has 1 saturated heterocycles. The highest BCUT2D eigenvalue weighted by molar-refractivity contribution is 5.34. The molecular formula is C15H24O. The maximum Gasteiger partial charge on any atom is 0.0798 e. The summed E-state index contributed by atoms with van der Waals surface area (Å²) in [5, 5.41) is 0. The minimum atomic E-state index is 0.288. The molecule has 0 spiro atoms. The first-order valence-electron chi connectivity index (χ1n) is 6.99. The van der Waals surface area contributed by atoms with Crippen molar-refractivity contribution in [3.05, 3.63) is 11.1 Å². The molecule has 1 nitrogen and oxygen atoms in total. The van der Waals surface area contributed by atoms with Crippen molar-refractivity contribution in [1.29, 1.82) is 0 Å². The topological polar surface area (TPSA) is 9.23 Å². The maximum atomic E-state index is 6.17. The van der Waals surface area contributed by atoms with Crippen LogP contribution >= 0.6 is 0 Å². The van der Waals surface area contributed by atoms with E-state index in [2.05, 4.69) is 20.8 Å². The maximum absolute atomic E-state index is 6.17. The van der Waals surface area contributed by atoms with Crippen molar-refractivity contribution >= 4 is 0 Å². The summed E-state index contributed by atoms with van der Waals surface area (Å²) in [6, 6.07) is 0. The van der Waals surface area contributed by atoms with Gasteiger partial charge in [0.05, 0.1) is 12.2 Å². The van der Waals surface area contributed by atoms with E-state index in [-0.39, 0.29) is 5.41 Å². The van der Waals surface area contributed by atoms with Gasteiger partial charge in [0.15, 0.2) is 0 Å². The van der Waals surface area contributed by atoms with Crippen LogP contribution in [0.5, 0.6) is 0 Å². The summed E-state index contributed by atoms with van der Waals surface area (Å²) in [5.41, 5.74) is 3.79. The molecule has 3 atom stereocenters. The average molecular weight is 220 g/mol. The third-order valence-corrected chi connectivity index (χ3v) is 5.27. The smallest absolute Gasteiger partial charge is 0.0798 e. The summed E-state index contributed by atoms with van der Waals surface area (Å²) >= 11 is 0. The van der Waals surface area contributed by atoms with Gasteiger partial charge in [-0.2, -0.15) is 0 Å². The van der Waals surface area contributed by atoms with Gasteiger partial charge in [-0.25, -0.2) is 0 Å². The number of rotatable bonds is 0. The van der Waals surface area contributed by atoms with Gasteiger partial charge in [0.2, 0.25) is 0 Å². The Labute approximate surface area is 99.3 Å². The van der Waals surface area contributed by atoms with E-state index in [0.717, 1.165) is 5.92 Å². The van der Waals surface area contributed by atoms with E-state index >= 15 is 0 Å². The Morgan fingerprint density at radius 2 is 1.94 bits per heavy atom. The molecule has 0 N–H and O–H groups in total. The summed E-state index contributed by atoms with van der Waals surface area (Å²) in [7, 11) is 0. The third kappa shape index (κ3) is 1.40. The summed E-state index contributed by atoms with van der Waals surface area (Å²) in [6.07, 6.45) is 9.18. The van der Waals surface area contributed by atoms with Crippen LogP contribution in [0.25, 0.3) is 0 Å². The molecule has 1 aliphatic heterocycles. The SMILES string of the molecule is CC1OC2CCC3CCCCC3=C2C1(C)C. The Balaban J connectivity index is 2.05. The second-order valence-corrected chi connectivity index (χ2v) is 6.45. The molecule has 0 aromatic heterocycles. The van der Waals surface area contributed by atoms with Gasteiger partial charge < -0.3 is 4.74 Å². The van der Waals surface area contributed by atoms with Crippen LogP contribution in [-0.4, -0.2) is 12.2 Å². The van der Waals surface area contributed by atoms with Crippen LogP contribution in [0.1, 0.15) is 59.3 Å². The van der Waals surface area contributed by atoms with Crippen LogP contribution in [0.2, 0.25) is 0 Å². The highest BCUT2D eigenvalue weighted by Crippen LogP contribution is 2.52. The lowest BCUT2D eigenvalue weighted by atomic mass is 9.67. The number of hydrogen-bond donors (Lipinski definition) is 0. The van der Waals surface area contributed by atoms with Crippen molar-refractivity contribution in [2.45, 2.75) is 71.5 Å². The van der Waals surface area contributed by atoms with Gasteiger partial charge in [-0.3, -0.25) is 0 Å². The fourth-order valence-corrected chi connectivity index (χ4v) is 4.06. The van der Waals surface area contributed by atoms with Crippen LogP contribution in [-0.2, 0) is 4.74 Å². The number of ether oxygens (including phenoxy) is 1. The molecule has 3 aliphatic rings. The predicted molar refractivity (Wildman–Crippen MR) is 66.3 cm³/mol. The fraction of sp³-hybridized carbons (Fsp3) is 0.867. The van der Waals surface area contributed by atoms with E-state index in [0.29, 0.717) is 12.2 Å². The largest absolute Gasteiger partial charge is 0.370 e. The van der Waals surface area contributed by atoms with Crippen molar-refractivity contribution in [3.8, 4) is 0 Å². The van der Waals surface area contributed by atoms with Gasteiger partial charge in [0, 0.05) is 5.41 Å². The van der Waals surface area contributed by atoms with Crippen LogP contribution in [0.4, 0.5) is 0 Å². The summed E-state index contributed by atoms with van der Waals surface area (Å²) in [5.74, 6) is 0.910. The van der Waals surface area contributed by atoms with Crippen molar-refractivity contribution in [3.63, 3.8) is 0 Å². The Kier molecular flexibility index (Phi) is 2.43. The normalized spacial score (nSPS) is 41.8. The molecule has 16 heavy (non-hydrogen) atoms. The van der Waals surface area contributed by atoms with Crippen molar-refractivity contribution in [2.75, 3.05) is 0 Å². The first-order chi connectivity index (χ1) is 7.60. The summed E-state index contributed by atoms with van der Waals surface area (Å²) < 4.78 is 6.17. The Hall–Kier alpha value is -0.300. The molecule has 1 saturated carbocycles. The molecule has 2 fully saturated rings. The summed E-state index contributed by atoms with van der Waals surface area (Å²) in [4.78, 5) is 0. The molecule has 2 aliphatic carbocycles. The van der Waals surface area contributed by atoms with Crippen molar-refractivity contribution in [2.24, 2.45) is 11.3 Å². The van der Waals surface area contributed by atoms with Crippen molar-refractivity contribution in [1.82, 2.24) is 0 Å². The van der Waals surface area contributed by atoms with Gasteiger partial charge in [0.25, 0.3) is 0 Å². The van der Waals surface area contributed by atoms with Crippen LogP contribution in [0.15, 0.2) is 11.1 Å². The molecule has 3 unspecified atom stereocenters. The Morgan fingerprint density at radius 1 is 1.12 bits per heavy atom. The molecule has 0 aromatic carbocycles. The third-order valence-electron chi connectivity index (χ3n) is 5.27.